The zero-order chi connectivity index (χ0) is 13.9. The number of hydrogen-bond acceptors (Lipinski definition) is 2. The third-order valence-corrected chi connectivity index (χ3v) is 2.72. The summed E-state index contributed by atoms with van der Waals surface area (Å²) in [5.74, 6) is -0.265. The van der Waals surface area contributed by atoms with Crippen LogP contribution in [0, 0.1) is 0 Å². The summed E-state index contributed by atoms with van der Waals surface area (Å²) in [6.45, 7) is 4.36. The fraction of sp³-hybridized carbons (Fsp3) is 0.412. The standard InChI is InChI=1S/C17H22O2/c1-3-5-6-10-13-16(17(18)19-4-2)14-15-11-8-7-9-12-15/h7-12H,3-6,14H2,1-2H3. The second kappa shape index (κ2) is 9.18. The van der Waals surface area contributed by atoms with Gasteiger partial charge < -0.3 is 4.74 Å². The molecule has 0 radical (unpaired) electrons. The van der Waals surface area contributed by atoms with Crippen molar-refractivity contribution in [3.8, 4) is 0 Å². The molecule has 0 heterocycles. The third kappa shape index (κ3) is 6.08. The van der Waals surface area contributed by atoms with Crippen molar-refractivity contribution in [3.05, 3.63) is 53.3 Å². The van der Waals surface area contributed by atoms with E-state index < -0.39 is 0 Å². The predicted octanol–water partition coefficient (Wildman–Crippen LogP) is 4.06. The maximum Gasteiger partial charge on any atom is 0.342 e. The summed E-state index contributed by atoms with van der Waals surface area (Å²) in [5.41, 5.74) is 4.80. The van der Waals surface area contributed by atoms with Crippen molar-refractivity contribution < 1.29 is 9.53 Å². The van der Waals surface area contributed by atoms with Crippen LogP contribution < -0.4 is 0 Å². The van der Waals surface area contributed by atoms with Crippen molar-refractivity contribution in [2.24, 2.45) is 0 Å². The smallest absolute Gasteiger partial charge is 0.342 e. The van der Waals surface area contributed by atoms with Crippen LogP contribution in [-0.2, 0) is 16.0 Å². The van der Waals surface area contributed by atoms with Gasteiger partial charge in [-0.1, -0.05) is 43.7 Å². The number of benzene rings is 1. The molecule has 19 heavy (non-hydrogen) atoms. The lowest BCUT2D eigenvalue weighted by Crippen LogP contribution is -2.09. The minimum atomic E-state index is -0.265. The first-order chi connectivity index (χ1) is 9.27. The van der Waals surface area contributed by atoms with Crippen LogP contribution in [0.1, 0.15) is 38.7 Å². The zero-order valence-corrected chi connectivity index (χ0v) is 11.8. The summed E-state index contributed by atoms with van der Waals surface area (Å²) in [6.07, 6.45) is 5.73. The number of rotatable bonds is 7. The van der Waals surface area contributed by atoms with Gasteiger partial charge in [-0.3, -0.25) is 0 Å². The van der Waals surface area contributed by atoms with E-state index in [-0.39, 0.29) is 5.97 Å². The SMILES string of the molecule is CCCCC=C=C(Cc1ccccc1)C(=O)OCC. The molecule has 0 atom stereocenters. The molecule has 0 N–H and O–H groups in total. The van der Waals surface area contributed by atoms with Crippen molar-refractivity contribution in [2.75, 3.05) is 6.61 Å². The van der Waals surface area contributed by atoms with E-state index in [0.717, 1.165) is 24.8 Å². The molecular weight excluding hydrogens is 236 g/mol. The maximum absolute atomic E-state index is 11.9. The van der Waals surface area contributed by atoms with Crippen molar-refractivity contribution in [1.82, 2.24) is 0 Å². The largest absolute Gasteiger partial charge is 0.462 e. The summed E-state index contributed by atoms with van der Waals surface area (Å²) in [4.78, 5) is 11.9. The lowest BCUT2D eigenvalue weighted by molar-refractivity contribution is -0.138. The number of esters is 1. The summed E-state index contributed by atoms with van der Waals surface area (Å²) >= 11 is 0. The molecule has 1 aromatic rings. The summed E-state index contributed by atoms with van der Waals surface area (Å²) in [5, 5.41) is 0. The Hall–Kier alpha value is -1.79. The highest BCUT2D eigenvalue weighted by atomic mass is 16.5. The Bertz CT molecular complexity index is 440. The van der Waals surface area contributed by atoms with Crippen LogP contribution in [0.3, 0.4) is 0 Å². The molecular formula is C17H22O2. The molecule has 0 aromatic heterocycles. The second-order valence-electron chi connectivity index (χ2n) is 4.35. The Morgan fingerprint density at radius 3 is 2.63 bits per heavy atom. The van der Waals surface area contributed by atoms with Crippen LogP contribution in [-0.4, -0.2) is 12.6 Å². The normalized spacial score (nSPS) is 9.58. The highest BCUT2D eigenvalue weighted by Crippen LogP contribution is 2.09. The van der Waals surface area contributed by atoms with Gasteiger partial charge in [0.05, 0.1) is 12.2 Å². The Morgan fingerprint density at radius 1 is 1.26 bits per heavy atom. The van der Waals surface area contributed by atoms with E-state index in [1.54, 1.807) is 0 Å². The molecule has 0 fully saturated rings. The molecule has 2 heteroatoms. The van der Waals surface area contributed by atoms with E-state index in [4.69, 9.17) is 4.74 Å². The molecule has 0 unspecified atom stereocenters. The van der Waals surface area contributed by atoms with E-state index in [2.05, 4.69) is 12.7 Å². The number of carbonyl (C=O) groups is 1. The average Bonchev–Trinajstić information content (AvgIpc) is 2.43. The van der Waals surface area contributed by atoms with Crippen LogP contribution in [0.2, 0.25) is 0 Å². The fourth-order valence-electron chi connectivity index (χ4n) is 1.70. The Labute approximate surface area is 115 Å². The molecule has 0 saturated carbocycles. The highest BCUT2D eigenvalue weighted by molar-refractivity contribution is 5.88. The molecule has 0 saturated heterocycles. The second-order valence-corrected chi connectivity index (χ2v) is 4.35. The van der Waals surface area contributed by atoms with E-state index in [9.17, 15) is 4.79 Å². The first-order valence-corrected chi connectivity index (χ1v) is 6.93. The summed E-state index contributed by atoms with van der Waals surface area (Å²) in [7, 11) is 0. The average molecular weight is 258 g/mol. The van der Waals surface area contributed by atoms with Crippen LogP contribution in [0.25, 0.3) is 0 Å². The van der Waals surface area contributed by atoms with Crippen molar-refractivity contribution in [1.29, 1.82) is 0 Å². The Balaban J connectivity index is 2.80. The Morgan fingerprint density at radius 2 is 2.00 bits per heavy atom. The lowest BCUT2D eigenvalue weighted by Gasteiger charge is -2.04. The number of ether oxygens (including phenoxy) is 1. The maximum atomic E-state index is 11.9. The molecule has 0 aliphatic heterocycles. The minimum absolute atomic E-state index is 0.265. The molecule has 0 amide bonds. The van der Waals surface area contributed by atoms with Gasteiger partial charge in [-0.05, 0) is 31.4 Å². The molecule has 0 aliphatic carbocycles. The molecule has 0 spiro atoms. The van der Waals surface area contributed by atoms with E-state index in [1.807, 2.05) is 43.3 Å². The third-order valence-electron chi connectivity index (χ3n) is 2.72. The van der Waals surface area contributed by atoms with Gasteiger partial charge in [-0.25, -0.2) is 4.79 Å². The predicted molar refractivity (Wildman–Crippen MR) is 77.9 cm³/mol. The van der Waals surface area contributed by atoms with Crippen LogP contribution in [0.15, 0.2) is 47.7 Å². The molecule has 0 aliphatic rings. The van der Waals surface area contributed by atoms with Gasteiger partial charge in [-0.2, -0.15) is 0 Å². The molecule has 0 bridgehead atoms. The minimum Gasteiger partial charge on any atom is -0.462 e. The lowest BCUT2D eigenvalue weighted by atomic mass is 10.1. The van der Waals surface area contributed by atoms with Crippen LogP contribution in [0.5, 0.6) is 0 Å². The summed E-state index contributed by atoms with van der Waals surface area (Å²) < 4.78 is 5.07. The van der Waals surface area contributed by atoms with E-state index in [1.165, 1.54) is 0 Å². The van der Waals surface area contributed by atoms with Gasteiger partial charge in [0.25, 0.3) is 0 Å². The van der Waals surface area contributed by atoms with E-state index in [0.29, 0.717) is 18.6 Å². The topological polar surface area (TPSA) is 26.3 Å². The van der Waals surface area contributed by atoms with Gasteiger partial charge in [0.15, 0.2) is 0 Å². The van der Waals surface area contributed by atoms with Gasteiger partial charge in [0.1, 0.15) is 0 Å². The fourth-order valence-corrected chi connectivity index (χ4v) is 1.70. The van der Waals surface area contributed by atoms with Gasteiger partial charge in [0.2, 0.25) is 0 Å². The van der Waals surface area contributed by atoms with Gasteiger partial charge >= 0.3 is 5.97 Å². The first-order valence-electron chi connectivity index (χ1n) is 6.93. The molecule has 102 valence electrons. The van der Waals surface area contributed by atoms with E-state index >= 15 is 0 Å². The van der Waals surface area contributed by atoms with Gasteiger partial charge in [0, 0.05) is 6.42 Å². The quantitative estimate of drug-likeness (QED) is 0.319. The number of hydrogen-bond donors (Lipinski definition) is 0. The zero-order valence-electron chi connectivity index (χ0n) is 11.8. The number of carbonyl (C=O) groups excluding carboxylic acids is 1. The Kier molecular flexibility index (Phi) is 7.38. The van der Waals surface area contributed by atoms with Crippen LogP contribution in [0.4, 0.5) is 0 Å². The molecule has 1 aromatic carbocycles. The number of unbranched alkanes of at least 4 members (excludes halogenated alkanes) is 2. The van der Waals surface area contributed by atoms with Crippen molar-refractivity contribution in [2.45, 2.75) is 39.5 Å². The first kappa shape index (κ1) is 15.3. The van der Waals surface area contributed by atoms with Gasteiger partial charge in [-0.15, -0.1) is 5.73 Å². The summed E-state index contributed by atoms with van der Waals surface area (Å²) in [6, 6.07) is 9.92. The van der Waals surface area contributed by atoms with Crippen molar-refractivity contribution >= 4 is 5.97 Å². The van der Waals surface area contributed by atoms with Crippen LogP contribution >= 0.6 is 0 Å². The highest BCUT2D eigenvalue weighted by Gasteiger charge is 2.10. The molecule has 2 nitrogen and oxygen atoms in total. The molecule has 1 rings (SSSR count). The van der Waals surface area contributed by atoms with Crippen molar-refractivity contribution in [3.63, 3.8) is 0 Å². The monoisotopic (exact) mass is 258 g/mol.